The molecule has 2 aromatic heterocycles. The van der Waals surface area contributed by atoms with Crippen molar-refractivity contribution in [1.82, 2.24) is 19.9 Å². The Morgan fingerprint density at radius 1 is 1.07 bits per heavy atom. The van der Waals surface area contributed by atoms with Crippen LogP contribution in [0.5, 0.6) is 0 Å². The first kappa shape index (κ1) is 18.6. The highest BCUT2D eigenvalue weighted by molar-refractivity contribution is 6.07. The molecule has 30 heavy (non-hydrogen) atoms. The van der Waals surface area contributed by atoms with Gasteiger partial charge >= 0.3 is 0 Å². The average molecular weight is 399 g/mol. The van der Waals surface area contributed by atoms with Crippen LogP contribution >= 0.6 is 0 Å². The second-order valence-electron chi connectivity index (χ2n) is 7.90. The van der Waals surface area contributed by atoms with Gasteiger partial charge in [0.15, 0.2) is 0 Å². The first-order valence-electron chi connectivity index (χ1n) is 10.6. The van der Waals surface area contributed by atoms with E-state index >= 15 is 0 Å². The zero-order chi connectivity index (χ0) is 20.5. The Bertz CT molecular complexity index is 1220. The number of carbonyl (C=O) groups is 1. The van der Waals surface area contributed by atoms with Gasteiger partial charge < -0.3 is 15.2 Å². The number of pyridine rings is 1. The molecule has 0 atom stereocenters. The van der Waals surface area contributed by atoms with Gasteiger partial charge in [-0.05, 0) is 50.5 Å². The summed E-state index contributed by atoms with van der Waals surface area (Å²) in [5, 5.41) is 7.39. The summed E-state index contributed by atoms with van der Waals surface area (Å²) in [6, 6.07) is 18.2. The highest BCUT2D eigenvalue weighted by atomic mass is 16.1. The lowest BCUT2D eigenvalue weighted by atomic mass is 10.1. The van der Waals surface area contributed by atoms with Crippen LogP contribution in [0.2, 0.25) is 0 Å². The predicted octanol–water partition coefficient (Wildman–Crippen LogP) is 4.29. The molecule has 2 heterocycles. The second kappa shape index (κ2) is 7.78. The number of hydrogen-bond acceptors (Lipinski definition) is 4. The number of imidazole rings is 1. The number of hydrogen-bond donors (Lipinski definition) is 2. The van der Waals surface area contributed by atoms with Crippen molar-refractivity contribution in [2.45, 2.75) is 38.8 Å². The second-order valence-corrected chi connectivity index (χ2v) is 7.90. The van der Waals surface area contributed by atoms with Crippen LogP contribution in [-0.4, -0.2) is 33.0 Å². The number of rotatable bonds is 7. The monoisotopic (exact) mass is 399 g/mol. The molecule has 6 nitrogen and oxygen atoms in total. The number of nitrogens with zero attached hydrogens (tertiary/aromatic N) is 3. The summed E-state index contributed by atoms with van der Waals surface area (Å²) >= 11 is 0. The van der Waals surface area contributed by atoms with Gasteiger partial charge in [-0.3, -0.25) is 4.79 Å². The van der Waals surface area contributed by atoms with Gasteiger partial charge in [-0.1, -0.05) is 30.3 Å². The van der Waals surface area contributed by atoms with Crippen LogP contribution in [0.4, 0.5) is 5.82 Å². The van der Waals surface area contributed by atoms with Crippen LogP contribution < -0.4 is 10.6 Å². The Balaban J connectivity index is 1.30. The summed E-state index contributed by atoms with van der Waals surface area (Å²) in [5.41, 5.74) is 3.72. The number of carbonyl (C=O) groups excluding carboxylic acids is 1. The lowest BCUT2D eigenvalue weighted by Crippen LogP contribution is -2.25. The lowest BCUT2D eigenvalue weighted by molar-refractivity contribution is 0.0952. The van der Waals surface area contributed by atoms with Crippen LogP contribution in [0.15, 0.2) is 54.6 Å². The summed E-state index contributed by atoms with van der Waals surface area (Å²) in [6.07, 6.45) is 3.07. The zero-order valence-electron chi connectivity index (χ0n) is 17.1. The molecule has 152 valence electrons. The van der Waals surface area contributed by atoms with Gasteiger partial charge in [-0.15, -0.1) is 0 Å². The fraction of sp³-hybridized carbons (Fsp3) is 0.292. The van der Waals surface area contributed by atoms with Crippen molar-refractivity contribution in [2.75, 3.05) is 11.9 Å². The number of fused-ring (bicyclic) bond motifs is 2. The van der Waals surface area contributed by atoms with Gasteiger partial charge in [0, 0.05) is 24.5 Å². The Labute approximate surface area is 175 Å². The van der Waals surface area contributed by atoms with Crippen molar-refractivity contribution in [3.8, 4) is 0 Å². The number of para-hydroxylation sites is 3. The lowest BCUT2D eigenvalue weighted by Gasteiger charge is -2.12. The van der Waals surface area contributed by atoms with Crippen LogP contribution in [0.1, 0.15) is 35.4 Å². The van der Waals surface area contributed by atoms with Crippen molar-refractivity contribution in [2.24, 2.45) is 0 Å². The highest BCUT2D eigenvalue weighted by Gasteiger charge is 2.25. The van der Waals surface area contributed by atoms with Crippen molar-refractivity contribution < 1.29 is 4.79 Å². The summed E-state index contributed by atoms with van der Waals surface area (Å²) < 4.78 is 2.25. The molecular weight excluding hydrogens is 374 g/mol. The summed E-state index contributed by atoms with van der Waals surface area (Å²) in [6.45, 7) is 3.69. The van der Waals surface area contributed by atoms with Crippen LogP contribution in [0.25, 0.3) is 21.9 Å². The van der Waals surface area contributed by atoms with Gasteiger partial charge in [0.2, 0.25) is 0 Å². The molecule has 2 aromatic carbocycles. The summed E-state index contributed by atoms with van der Waals surface area (Å²) in [5.74, 6) is 1.75. The van der Waals surface area contributed by atoms with E-state index < -0.39 is 0 Å². The molecule has 0 spiro atoms. The minimum Gasteiger partial charge on any atom is -0.370 e. The maximum Gasteiger partial charge on any atom is 0.252 e. The van der Waals surface area contributed by atoms with E-state index in [9.17, 15) is 4.79 Å². The molecule has 6 heteroatoms. The Hall–Kier alpha value is -3.41. The minimum absolute atomic E-state index is 0.0142. The third-order valence-corrected chi connectivity index (χ3v) is 5.58. The minimum atomic E-state index is -0.0142. The fourth-order valence-corrected chi connectivity index (χ4v) is 3.88. The Morgan fingerprint density at radius 3 is 2.67 bits per heavy atom. The molecule has 5 rings (SSSR count). The molecule has 0 bridgehead atoms. The first-order valence-corrected chi connectivity index (χ1v) is 10.6. The normalized spacial score (nSPS) is 13.6. The van der Waals surface area contributed by atoms with E-state index in [2.05, 4.69) is 26.3 Å². The van der Waals surface area contributed by atoms with Crippen molar-refractivity contribution in [3.63, 3.8) is 0 Å². The van der Waals surface area contributed by atoms with E-state index in [0.717, 1.165) is 65.9 Å². The molecule has 1 amide bonds. The first-order chi connectivity index (χ1) is 14.7. The van der Waals surface area contributed by atoms with Gasteiger partial charge in [0.25, 0.3) is 5.91 Å². The standard InChI is InChI=1S/C24H25N5O/c1-16-26-21-9-4-5-10-22(21)29(16)14-6-13-25-23-15-19(24(30)27-17-11-12-17)18-7-2-3-8-20(18)28-23/h2-5,7-10,15,17H,6,11-14H2,1H3,(H,25,28)(H,27,30). The third kappa shape index (κ3) is 3.73. The average Bonchev–Trinajstić information content (AvgIpc) is 3.51. The molecule has 0 radical (unpaired) electrons. The Kier molecular flexibility index (Phi) is 4.83. The number of aryl methyl sites for hydroxylation is 2. The van der Waals surface area contributed by atoms with Crippen molar-refractivity contribution in [3.05, 3.63) is 66.0 Å². The molecule has 2 N–H and O–H groups in total. The number of benzene rings is 2. The van der Waals surface area contributed by atoms with Gasteiger partial charge in [-0.2, -0.15) is 0 Å². The van der Waals surface area contributed by atoms with Crippen LogP contribution in [0, 0.1) is 6.92 Å². The maximum atomic E-state index is 12.7. The molecule has 1 fully saturated rings. The van der Waals surface area contributed by atoms with Gasteiger partial charge in [-0.25, -0.2) is 9.97 Å². The number of aromatic nitrogens is 3. The highest BCUT2D eigenvalue weighted by Crippen LogP contribution is 2.24. The summed E-state index contributed by atoms with van der Waals surface area (Å²) in [4.78, 5) is 22.1. The Morgan fingerprint density at radius 2 is 1.83 bits per heavy atom. The van der Waals surface area contributed by atoms with Crippen LogP contribution in [-0.2, 0) is 6.54 Å². The molecule has 1 aliphatic carbocycles. The summed E-state index contributed by atoms with van der Waals surface area (Å²) in [7, 11) is 0. The quantitative estimate of drug-likeness (QED) is 0.455. The van der Waals surface area contributed by atoms with E-state index in [1.165, 1.54) is 0 Å². The molecular formula is C24H25N5O. The topological polar surface area (TPSA) is 71.8 Å². The van der Waals surface area contributed by atoms with E-state index in [1.54, 1.807) is 0 Å². The SMILES string of the molecule is Cc1nc2ccccc2n1CCCNc1cc(C(=O)NC2CC2)c2ccccc2n1. The van der Waals surface area contributed by atoms with Crippen molar-refractivity contribution in [1.29, 1.82) is 0 Å². The van der Waals surface area contributed by atoms with E-state index in [1.807, 2.05) is 55.5 Å². The number of nitrogens with one attached hydrogen (secondary N) is 2. The zero-order valence-corrected chi connectivity index (χ0v) is 17.1. The van der Waals surface area contributed by atoms with Gasteiger partial charge in [0.05, 0.1) is 22.1 Å². The molecule has 1 saturated carbocycles. The number of anilines is 1. The van der Waals surface area contributed by atoms with E-state index in [4.69, 9.17) is 4.98 Å². The number of amides is 1. The molecule has 0 unspecified atom stereocenters. The molecule has 1 aliphatic rings. The molecule has 0 aliphatic heterocycles. The molecule has 4 aromatic rings. The predicted molar refractivity (Wildman–Crippen MR) is 120 cm³/mol. The third-order valence-electron chi connectivity index (χ3n) is 5.58. The van der Waals surface area contributed by atoms with Crippen LogP contribution in [0.3, 0.4) is 0 Å². The van der Waals surface area contributed by atoms with Crippen molar-refractivity contribution >= 4 is 33.7 Å². The maximum absolute atomic E-state index is 12.7. The molecule has 0 saturated heterocycles. The van der Waals surface area contributed by atoms with E-state index in [-0.39, 0.29) is 5.91 Å². The largest absolute Gasteiger partial charge is 0.370 e. The van der Waals surface area contributed by atoms with Gasteiger partial charge in [0.1, 0.15) is 11.6 Å². The smallest absolute Gasteiger partial charge is 0.252 e. The van der Waals surface area contributed by atoms with E-state index in [0.29, 0.717) is 11.6 Å². The fourth-order valence-electron chi connectivity index (χ4n) is 3.88.